The number of oxime groups is 1. The van der Waals surface area contributed by atoms with Gasteiger partial charge in [-0.2, -0.15) is 0 Å². The Hall–Kier alpha value is -2.61. The van der Waals surface area contributed by atoms with E-state index in [1.807, 2.05) is 0 Å². The summed E-state index contributed by atoms with van der Waals surface area (Å²) >= 11 is 1.01. The fraction of sp³-hybridized carbons (Fsp3) is 0.154. The summed E-state index contributed by atoms with van der Waals surface area (Å²) in [5, 5.41) is 29.7. The maximum absolute atomic E-state index is 11.2. The minimum atomic E-state index is -1.18. The Morgan fingerprint density at radius 1 is 1.33 bits per heavy atom. The van der Waals surface area contributed by atoms with Crippen molar-refractivity contribution in [3.05, 3.63) is 28.6 Å². The monoisotopic (exact) mass is 309 g/mol. The lowest BCUT2D eigenvalue weighted by Gasteiger charge is -2.03. The fourth-order valence-electron chi connectivity index (χ4n) is 1.81. The number of carbonyl (C=O) groups is 2. The molecule has 0 spiro atoms. The van der Waals surface area contributed by atoms with Gasteiger partial charge in [-0.1, -0.05) is 6.07 Å². The Balaban J connectivity index is 2.46. The molecule has 3 N–H and O–H groups in total. The van der Waals surface area contributed by atoms with Crippen molar-refractivity contribution in [3.63, 3.8) is 0 Å². The molecule has 2 rings (SSSR count). The average Bonchev–Trinajstić information content (AvgIpc) is 2.80. The van der Waals surface area contributed by atoms with E-state index < -0.39 is 18.5 Å². The molecular formula is C13H11NO6S. The number of fused-ring (bicyclic) bond motifs is 1. The molecule has 0 fully saturated rings. The zero-order valence-electron chi connectivity index (χ0n) is 10.6. The summed E-state index contributed by atoms with van der Waals surface area (Å²) in [5.41, 5.74) is 0.836. The first kappa shape index (κ1) is 14.8. The van der Waals surface area contributed by atoms with E-state index in [9.17, 15) is 14.7 Å². The zero-order valence-corrected chi connectivity index (χ0v) is 11.5. The van der Waals surface area contributed by atoms with Crippen molar-refractivity contribution in [2.24, 2.45) is 5.16 Å². The Morgan fingerprint density at radius 3 is 2.71 bits per heavy atom. The molecule has 0 unspecified atom stereocenters. The summed E-state index contributed by atoms with van der Waals surface area (Å²) in [6, 6.07) is 5.15. The summed E-state index contributed by atoms with van der Waals surface area (Å²) in [6.07, 6.45) is 1.72. The number of thiophene rings is 1. The molecule has 8 heteroatoms. The standard InChI is InChI=1S/C13H11NO6S/c15-10(16)6-20-11-8-2-1-7(3-4-14-19)5-9(8)21-12(11)13(17)18/h1-2,4-5,19H,3,6H2,(H,15,16)(H,17,18). The van der Waals surface area contributed by atoms with Gasteiger partial charge < -0.3 is 20.2 Å². The van der Waals surface area contributed by atoms with Gasteiger partial charge >= 0.3 is 11.9 Å². The van der Waals surface area contributed by atoms with E-state index in [0.29, 0.717) is 16.5 Å². The molecule has 0 atom stereocenters. The van der Waals surface area contributed by atoms with Crippen LogP contribution in [0.3, 0.4) is 0 Å². The SMILES string of the molecule is O=C(O)COc1c(C(=O)O)sc2cc(CC=NO)ccc12. The first-order valence-corrected chi connectivity index (χ1v) is 6.63. The number of ether oxygens (including phenoxy) is 1. The molecule has 1 aromatic heterocycles. The van der Waals surface area contributed by atoms with Gasteiger partial charge in [-0.25, -0.2) is 9.59 Å². The van der Waals surface area contributed by atoms with Gasteiger partial charge in [-0.3, -0.25) is 0 Å². The van der Waals surface area contributed by atoms with Crippen LogP contribution in [0.25, 0.3) is 10.1 Å². The molecule has 0 aliphatic heterocycles. The average molecular weight is 309 g/mol. The lowest BCUT2D eigenvalue weighted by Crippen LogP contribution is -2.10. The Bertz CT molecular complexity index is 721. The van der Waals surface area contributed by atoms with Crippen molar-refractivity contribution < 1.29 is 29.7 Å². The number of hydrogen-bond donors (Lipinski definition) is 3. The summed E-state index contributed by atoms with van der Waals surface area (Å²) < 4.78 is 5.76. The lowest BCUT2D eigenvalue weighted by molar-refractivity contribution is -0.139. The molecule has 0 aliphatic rings. The van der Waals surface area contributed by atoms with Gasteiger partial charge in [0.15, 0.2) is 17.2 Å². The van der Waals surface area contributed by atoms with Gasteiger partial charge in [0.05, 0.1) is 0 Å². The molecule has 0 radical (unpaired) electrons. The van der Waals surface area contributed by atoms with Crippen LogP contribution in [0.15, 0.2) is 23.4 Å². The molecule has 0 bridgehead atoms. The van der Waals surface area contributed by atoms with E-state index in [4.69, 9.17) is 15.1 Å². The van der Waals surface area contributed by atoms with Crippen LogP contribution in [0.4, 0.5) is 0 Å². The highest BCUT2D eigenvalue weighted by Crippen LogP contribution is 2.38. The van der Waals surface area contributed by atoms with E-state index in [-0.39, 0.29) is 10.6 Å². The van der Waals surface area contributed by atoms with E-state index in [1.54, 1.807) is 18.2 Å². The van der Waals surface area contributed by atoms with Crippen LogP contribution < -0.4 is 4.74 Å². The van der Waals surface area contributed by atoms with Gasteiger partial charge in [0.1, 0.15) is 0 Å². The van der Waals surface area contributed by atoms with Gasteiger partial charge in [0.2, 0.25) is 0 Å². The molecule has 0 aliphatic carbocycles. The minimum Gasteiger partial charge on any atom is -0.479 e. The quantitative estimate of drug-likeness (QED) is 0.427. The van der Waals surface area contributed by atoms with Gasteiger partial charge in [0.25, 0.3) is 0 Å². The van der Waals surface area contributed by atoms with E-state index in [0.717, 1.165) is 16.9 Å². The maximum Gasteiger partial charge on any atom is 0.349 e. The summed E-state index contributed by atoms with van der Waals surface area (Å²) in [5.74, 6) is -2.29. The Morgan fingerprint density at radius 2 is 2.10 bits per heavy atom. The largest absolute Gasteiger partial charge is 0.479 e. The Labute approximate surface area is 122 Å². The zero-order chi connectivity index (χ0) is 15.4. The van der Waals surface area contributed by atoms with Gasteiger partial charge in [0, 0.05) is 22.7 Å². The molecular weight excluding hydrogens is 298 g/mol. The predicted octanol–water partition coefficient (Wildman–Crippen LogP) is 2.07. The second-order valence-corrected chi connectivity index (χ2v) is 5.13. The highest BCUT2D eigenvalue weighted by molar-refractivity contribution is 7.21. The highest BCUT2D eigenvalue weighted by atomic mass is 32.1. The Kier molecular flexibility index (Phi) is 4.39. The molecule has 0 amide bonds. The van der Waals surface area contributed by atoms with Crippen LogP contribution >= 0.6 is 11.3 Å². The predicted molar refractivity (Wildman–Crippen MR) is 75.9 cm³/mol. The summed E-state index contributed by atoms with van der Waals surface area (Å²) in [6.45, 7) is -0.606. The smallest absolute Gasteiger partial charge is 0.349 e. The third kappa shape index (κ3) is 3.29. The third-order valence-corrected chi connectivity index (χ3v) is 3.77. The molecule has 2 aromatic rings. The fourth-order valence-corrected chi connectivity index (χ4v) is 2.86. The normalized spacial score (nSPS) is 11.0. The van der Waals surface area contributed by atoms with E-state index in [2.05, 4.69) is 5.16 Å². The topological polar surface area (TPSA) is 116 Å². The first-order valence-electron chi connectivity index (χ1n) is 5.82. The second kappa shape index (κ2) is 6.23. The minimum absolute atomic E-state index is 0.0424. The number of aromatic carboxylic acids is 1. The number of carboxylic acids is 2. The highest BCUT2D eigenvalue weighted by Gasteiger charge is 2.20. The number of aliphatic carboxylic acids is 1. The molecule has 0 saturated carbocycles. The van der Waals surface area contributed by atoms with Crippen LogP contribution in [0.5, 0.6) is 5.75 Å². The second-order valence-electron chi connectivity index (χ2n) is 4.08. The molecule has 110 valence electrons. The third-order valence-electron chi connectivity index (χ3n) is 2.65. The molecule has 1 heterocycles. The van der Waals surface area contributed by atoms with Crippen LogP contribution in [0.1, 0.15) is 15.2 Å². The molecule has 7 nitrogen and oxygen atoms in total. The van der Waals surface area contributed by atoms with Gasteiger partial charge in [-0.15, -0.1) is 16.5 Å². The first-order chi connectivity index (χ1) is 10.0. The van der Waals surface area contributed by atoms with Gasteiger partial charge in [-0.05, 0) is 17.7 Å². The lowest BCUT2D eigenvalue weighted by atomic mass is 10.1. The number of carboxylic acid groups (broad SMARTS) is 2. The number of benzene rings is 1. The van der Waals surface area contributed by atoms with Crippen molar-refractivity contribution in [2.75, 3.05) is 6.61 Å². The van der Waals surface area contributed by atoms with Crippen molar-refractivity contribution in [1.29, 1.82) is 0 Å². The van der Waals surface area contributed by atoms with Crippen LogP contribution in [-0.4, -0.2) is 40.2 Å². The maximum atomic E-state index is 11.2. The van der Waals surface area contributed by atoms with Crippen LogP contribution in [0.2, 0.25) is 0 Å². The van der Waals surface area contributed by atoms with Crippen LogP contribution in [0, 0.1) is 0 Å². The molecule has 1 aromatic carbocycles. The van der Waals surface area contributed by atoms with Crippen LogP contribution in [-0.2, 0) is 11.2 Å². The van der Waals surface area contributed by atoms with Crippen molar-refractivity contribution in [3.8, 4) is 5.75 Å². The molecule has 0 saturated heterocycles. The van der Waals surface area contributed by atoms with Crippen molar-refractivity contribution >= 4 is 39.6 Å². The van der Waals surface area contributed by atoms with Crippen molar-refractivity contribution in [1.82, 2.24) is 0 Å². The van der Waals surface area contributed by atoms with E-state index in [1.165, 1.54) is 6.21 Å². The number of nitrogens with zero attached hydrogens (tertiary/aromatic N) is 1. The number of hydrogen-bond acceptors (Lipinski definition) is 6. The summed E-state index contributed by atoms with van der Waals surface area (Å²) in [4.78, 5) is 21.8. The molecule has 21 heavy (non-hydrogen) atoms. The van der Waals surface area contributed by atoms with E-state index >= 15 is 0 Å². The summed E-state index contributed by atoms with van der Waals surface area (Å²) in [7, 11) is 0. The number of rotatable bonds is 6. The van der Waals surface area contributed by atoms with Crippen molar-refractivity contribution in [2.45, 2.75) is 6.42 Å².